The molecule has 2 rings (SSSR count). The number of carbonyl (C=O) groups is 1. The first-order chi connectivity index (χ1) is 10.2. The predicted molar refractivity (Wildman–Crippen MR) is 75.4 cm³/mol. The lowest BCUT2D eigenvalue weighted by Crippen LogP contribution is -2.48. The summed E-state index contributed by atoms with van der Waals surface area (Å²) in [7, 11) is 0. The van der Waals surface area contributed by atoms with Gasteiger partial charge in [0, 0.05) is 37.9 Å². The number of anilines is 1. The summed E-state index contributed by atoms with van der Waals surface area (Å²) in [5.74, 6) is 0. The standard InChI is InChI=1S/C14H18F3N3O2/c1-9(19-2-4-20(5-3-19)13(21)22)10-6-11(14(15,16)17)8-12(18)7-10/h6-9H,2-5,18H2,1H3,(H,21,22). The minimum Gasteiger partial charge on any atom is -0.465 e. The largest absolute Gasteiger partial charge is 0.465 e. The van der Waals surface area contributed by atoms with E-state index in [1.165, 1.54) is 11.0 Å². The van der Waals surface area contributed by atoms with E-state index in [4.69, 9.17) is 10.8 Å². The van der Waals surface area contributed by atoms with Gasteiger partial charge in [-0.3, -0.25) is 4.90 Å². The van der Waals surface area contributed by atoms with Crippen LogP contribution in [0.5, 0.6) is 0 Å². The maximum atomic E-state index is 12.9. The molecule has 0 radical (unpaired) electrons. The number of hydrogen-bond acceptors (Lipinski definition) is 3. The molecule has 1 aliphatic rings. The van der Waals surface area contributed by atoms with E-state index in [1.54, 1.807) is 6.92 Å². The zero-order valence-corrected chi connectivity index (χ0v) is 12.1. The molecule has 1 aliphatic heterocycles. The van der Waals surface area contributed by atoms with Crippen molar-refractivity contribution in [2.24, 2.45) is 0 Å². The molecule has 0 bridgehead atoms. The van der Waals surface area contributed by atoms with Crippen LogP contribution in [0.25, 0.3) is 0 Å². The highest BCUT2D eigenvalue weighted by Gasteiger charge is 2.32. The van der Waals surface area contributed by atoms with Crippen molar-refractivity contribution in [2.45, 2.75) is 19.1 Å². The monoisotopic (exact) mass is 317 g/mol. The maximum absolute atomic E-state index is 12.9. The average molecular weight is 317 g/mol. The maximum Gasteiger partial charge on any atom is 0.416 e. The highest BCUT2D eigenvalue weighted by molar-refractivity contribution is 5.65. The third-order valence-electron chi connectivity index (χ3n) is 3.92. The molecular formula is C14H18F3N3O2. The van der Waals surface area contributed by atoms with Crippen molar-refractivity contribution >= 4 is 11.8 Å². The Labute approximate surface area is 126 Å². The molecule has 3 N–H and O–H groups in total. The fraction of sp³-hybridized carbons (Fsp3) is 0.500. The lowest BCUT2D eigenvalue weighted by atomic mass is 10.0. The topological polar surface area (TPSA) is 69.8 Å². The molecule has 0 aliphatic carbocycles. The second kappa shape index (κ2) is 6.04. The molecule has 1 aromatic carbocycles. The van der Waals surface area contributed by atoms with Crippen LogP contribution in [0.15, 0.2) is 18.2 Å². The molecule has 5 nitrogen and oxygen atoms in total. The van der Waals surface area contributed by atoms with E-state index in [1.807, 2.05) is 4.90 Å². The van der Waals surface area contributed by atoms with Gasteiger partial charge < -0.3 is 15.7 Å². The molecule has 1 fully saturated rings. The van der Waals surface area contributed by atoms with E-state index < -0.39 is 17.8 Å². The van der Waals surface area contributed by atoms with Gasteiger partial charge in [-0.25, -0.2) is 4.79 Å². The van der Waals surface area contributed by atoms with E-state index in [0.29, 0.717) is 31.7 Å². The second-order valence-corrected chi connectivity index (χ2v) is 5.37. The number of nitrogen functional groups attached to an aromatic ring is 1. The molecule has 1 amide bonds. The van der Waals surface area contributed by atoms with Gasteiger partial charge in [0.15, 0.2) is 0 Å². The molecule has 0 spiro atoms. The molecule has 8 heteroatoms. The van der Waals surface area contributed by atoms with Gasteiger partial charge in [0.1, 0.15) is 0 Å². The molecule has 1 atom stereocenters. The van der Waals surface area contributed by atoms with Crippen molar-refractivity contribution in [3.63, 3.8) is 0 Å². The van der Waals surface area contributed by atoms with Gasteiger partial charge in [-0.1, -0.05) is 0 Å². The third-order valence-corrected chi connectivity index (χ3v) is 3.92. The van der Waals surface area contributed by atoms with E-state index in [-0.39, 0.29) is 11.7 Å². The summed E-state index contributed by atoms with van der Waals surface area (Å²) in [6.07, 6.45) is -5.41. The number of carboxylic acid groups (broad SMARTS) is 1. The van der Waals surface area contributed by atoms with Crippen LogP contribution in [-0.2, 0) is 6.18 Å². The molecule has 1 saturated heterocycles. The SMILES string of the molecule is CC(c1cc(N)cc(C(F)(F)F)c1)N1CCN(C(=O)O)CC1. The van der Waals surface area contributed by atoms with Gasteiger partial charge in [-0.15, -0.1) is 0 Å². The van der Waals surface area contributed by atoms with E-state index in [0.717, 1.165) is 12.1 Å². The fourth-order valence-corrected chi connectivity index (χ4v) is 2.59. The number of rotatable bonds is 2. The molecule has 22 heavy (non-hydrogen) atoms. The summed E-state index contributed by atoms with van der Waals surface area (Å²) in [5.41, 5.74) is 5.37. The Hall–Kier alpha value is -1.96. The lowest BCUT2D eigenvalue weighted by molar-refractivity contribution is -0.137. The molecule has 0 saturated carbocycles. The first kappa shape index (κ1) is 16.4. The number of piperazine rings is 1. The number of alkyl halides is 3. The Balaban J connectivity index is 2.15. The number of nitrogens with zero attached hydrogens (tertiary/aromatic N) is 2. The predicted octanol–water partition coefficient (Wildman–Crippen LogP) is 2.64. The quantitative estimate of drug-likeness (QED) is 0.823. The van der Waals surface area contributed by atoms with Crippen molar-refractivity contribution in [1.82, 2.24) is 9.80 Å². The summed E-state index contributed by atoms with van der Waals surface area (Å²) >= 11 is 0. The van der Waals surface area contributed by atoms with Gasteiger partial charge in [0.25, 0.3) is 0 Å². The van der Waals surface area contributed by atoms with Gasteiger partial charge >= 0.3 is 12.3 Å². The molecule has 1 unspecified atom stereocenters. The van der Waals surface area contributed by atoms with Gasteiger partial charge in [0.05, 0.1) is 5.56 Å². The highest BCUT2D eigenvalue weighted by Crippen LogP contribution is 2.34. The Morgan fingerprint density at radius 1 is 1.23 bits per heavy atom. The van der Waals surface area contributed by atoms with Crippen molar-refractivity contribution in [2.75, 3.05) is 31.9 Å². The second-order valence-electron chi connectivity index (χ2n) is 5.37. The van der Waals surface area contributed by atoms with Crippen LogP contribution in [0.4, 0.5) is 23.7 Å². The van der Waals surface area contributed by atoms with E-state index >= 15 is 0 Å². The van der Waals surface area contributed by atoms with Crippen molar-refractivity contribution in [1.29, 1.82) is 0 Å². The van der Waals surface area contributed by atoms with E-state index in [9.17, 15) is 18.0 Å². The zero-order chi connectivity index (χ0) is 16.5. The normalized spacial score (nSPS) is 18.3. The Kier molecular flexibility index (Phi) is 4.50. The summed E-state index contributed by atoms with van der Waals surface area (Å²) < 4.78 is 38.6. The van der Waals surface area contributed by atoms with Crippen LogP contribution in [0.3, 0.4) is 0 Å². The van der Waals surface area contributed by atoms with Crippen molar-refractivity contribution < 1.29 is 23.1 Å². The molecule has 1 aromatic rings. The van der Waals surface area contributed by atoms with Gasteiger partial charge in [0.2, 0.25) is 0 Å². The van der Waals surface area contributed by atoms with Crippen LogP contribution in [0.1, 0.15) is 24.1 Å². The molecule has 122 valence electrons. The molecular weight excluding hydrogens is 299 g/mol. The minimum atomic E-state index is -4.44. The number of hydrogen-bond donors (Lipinski definition) is 2. The summed E-state index contributed by atoms with van der Waals surface area (Å²) in [4.78, 5) is 14.1. The Morgan fingerprint density at radius 2 is 1.82 bits per heavy atom. The minimum absolute atomic E-state index is 0.0702. The van der Waals surface area contributed by atoms with Crippen LogP contribution < -0.4 is 5.73 Å². The van der Waals surface area contributed by atoms with Gasteiger partial charge in [-0.2, -0.15) is 13.2 Å². The number of benzene rings is 1. The Bertz CT molecular complexity index is 555. The van der Waals surface area contributed by atoms with E-state index in [2.05, 4.69) is 0 Å². The third kappa shape index (κ3) is 3.62. The average Bonchev–Trinajstić information content (AvgIpc) is 2.45. The summed E-state index contributed by atoms with van der Waals surface area (Å²) in [6.45, 7) is 3.43. The Morgan fingerprint density at radius 3 is 2.32 bits per heavy atom. The van der Waals surface area contributed by atoms with Gasteiger partial charge in [-0.05, 0) is 30.7 Å². The molecule has 1 heterocycles. The van der Waals surface area contributed by atoms with Crippen molar-refractivity contribution in [3.05, 3.63) is 29.3 Å². The first-order valence-electron chi connectivity index (χ1n) is 6.88. The number of nitrogens with two attached hydrogens (primary N) is 1. The highest BCUT2D eigenvalue weighted by atomic mass is 19.4. The van der Waals surface area contributed by atoms with Crippen LogP contribution in [0, 0.1) is 0 Å². The lowest BCUT2D eigenvalue weighted by Gasteiger charge is -2.37. The zero-order valence-electron chi connectivity index (χ0n) is 12.1. The summed E-state index contributed by atoms with van der Waals surface area (Å²) in [5, 5.41) is 8.91. The van der Waals surface area contributed by atoms with Crippen LogP contribution >= 0.6 is 0 Å². The number of amides is 1. The number of halogens is 3. The van der Waals surface area contributed by atoms with Crippen molar-refractivity contribution in [3.8, 4) is 0 Å². The summed E-state index contributed by atoms with van der Waals surface area (Å²) in [6, 6.07) is 3.28. The van der Waals surface area contributed by atoms with Crippen LogP contribution in [0.2, 0.25) is 0 Å². The first-order valence-corrected chi connectivity index (χ1v) is 6.88. The fourth-order valence-electron chi connectivity index (χ4n) is 2.59. The smallest absolute Gasteiger partial charge is 0.416 e. The molecule has 0 aromatic heterocycles. The van der Waals surface area contributed by atoms with Crippen LogP contribution in [-0.4, -0.2) is 47.2 Å².